The van der Waals surface area contributed by atoms with Crippen molar-refractivity contribution in [2.24, 2.45) is 5.41 Å². The molecule has 1 atom stereocenters. The second kappa shape index (κ2) is 11.1. The van der Waals surface area contributed by atoms with E-state index in [2.05, 4.69) is 49.2 Å². The first kappa shape index (κ1) is 27.4. The molecule has 2 aromatic rings. The molecule has 2 aliphatic heterocycles. The quantitative estimate of drug-likeness (QED) is 0.274. The lowest BCUT2D eigenvalue weighted by atomic mass is 9.73. The number of hydrogen-bond donors (Lipinski definition) is 0. The van der Waals surface area contributed by atoms with Gasteiger partial charge in [0.15, 0.2) is 0 Å². The molecule has 1 aliphatic carbocycles. The van der Waals surface area contributed by atoms with Crippen molar-refractivity contribution in [3.63, 3.8) is 0 Å². The van der Waals surface area contributed by atoms with Crippen LogP contribution in [0.2, 0.25) is 0 Å². The number of rotatable bonds is 7. The molecule has 2 aromatic carbocycles. The van der Waals surface area contributed by atoms with E-state index < -0.39 is 0 Å². The molecule has 6 heteroatoms. The molecule has 0 amide bonds. The molecule has 0 spiro atoms. The molecule has 0 saturated carbocycles. The number of aldehydes is 1. The zero-order valence-electron chi connectivity index (χ0n) is 23.5. The van der Waals surface area contributed by atoms with Crippen molar-refractivity contribution in [3.8, 4) is 11.1 Å². The van der Waals surface area contributed by atoms with E-state index in [1.807, 2.05) is 6.07 Å². The Balaban J connectivity index is 1.68. The number of ether oxygens (including phenoxy) is 1. The third-order valence-electron chi connectivity index (χ3n) is 8.84. The fourth-order valence-corrected chi connectivity index (χ4v) is 7.55. The lowest BCUT2D eigenvalue weighted by Crippen LogP contribution is -2.39. The summed E-state index contributed by atoms with van der Waals surface area (Å²) in [6.45, 7) is 13.4. The Kier molecular flexibility index (Phi) is 8.04. The smallest absolute Gasteiger partial charge is 0.124 e. The number of carbonyl (C=O) groups excluding carboxylic acids is 1. The van der Waals surface area contributed by atoms with E-state index in [9.17, 15) is 9.18 Å². The second-order valence-electron chi connectivity index (χ2n) is 11.8. The van der Waals surface area contributed by atoms with Crippen LogP contribution in [0.25, 0.3) is 16.7 Å². The topological polar surface area (TPSA) is 32.8 Å². The predicted molar refractivity (Wildman–Crippen MR) is 157 cm³/mol. The molecule has 1 fully saturated rings. The minimum absolute atomic E-state index is 0.0498. The largest absolute Gasteiger partial charge is 0.379 e. The average Bonchev–Trinajstić information content (AvgIpc) is 2.90. The van der Waals surface area contributed by atoms with Gasteiger partial charge in [-0.3, -0.25) is 4.90 Å². The summed E-state index contributed by atoms with van der Waals surface area (Å²) >= 11 is 1.71. The van der Waals surface area contributed by atoms with Crippen LogP contribution >= 0.6 is 11.9 Å². The van der Waals surface area contributed by atoms with Crippen LogP contribution in [0.1, 0.15) is 73.4 Å². The molecule has 0 unspecified atom stereocenters. The van der Waals surface area contributed by atoms with Gasteiger partial charge in [-0.1, -0.05) is 37.9 Å². The zero-order chi connectivity index (χ0) is 27.0. The van der Waals surface area contributed by atoms with Crippen molar-refractivity contribution in [2.45, 2.75) is 65.8 Å². The molecule has 5 rings (SSSR count). The molecule has 204 valence electrons. The van der Waals surface area contributed by atoms with Gasteiger partial charge in [0.1, 0.15) is 12.1 Å². The number of fused-ring (bicyclic) bond motifs is 3. The van der Waals surface area contributed by atoms with Gasteiger partial charge in [-0.05, 0) is 96.0 Å². The Labute approximate surface area is 231 Å². The van der Waals surface area contributed by atoms with Gasteiger partial charge >= 0.3 is 0 Å². The highest BCUT2D eigenvalue weighted by Gasteiger charge is 2.36. The summed E-state index contributed by atoms with van der Waals surface area (Å²) in [5.74, 6) is -0.186. The minimum Gasteiger partial charge on any atom is -0.379 e. The summed E-state index contributed by atoms with van der Waals surface area (Å²) in [4.78, 5) is 14.4. The summed E-state index contributed by atoms with van der Waals surface area (Å²) < 4.78 is 22.7. The molecule has 1 saturated heterocycles. The van der Waals surface area contributed by atoms with E-state index in [1.165, 1.54) is 33.5 Å². The highest BCUT2D eigenvalue weighted by atomic mass is 32.2. The van der Waals surface area contributed by atoms with E-state index >= 15 is 0 Å². The van der Waals surface area contributed by atoms with Crippen LogP contribution in [0.15, 0.2) is 24.3 Å². The molecule has 38 heavy (non-hydrogen) atoms. The van der Waals surface area contributed by atoms with Crippen LogP contribution in [0.5, 0.6) is 0 Å². The number of nitrogens with zero attached hydrogens (tertiary/aromatic N) is 2. The first-order chi connectivity index (χ1) is 18.3. The molecule has 3 aliphatic rings. The standard InChI is InChI=1S/C32H41FN2O2S/c1-21-25(11-17-36)29(23-8-12-32(3,4)13-9-23)22(2)30-26-7-6-24(33)20-27(26)28(35(38-5)31(21)30)10-14-34-15-18-37-19-16-34/h6-8,17,20,28H,9-16,18-19H2,1-5H3/t28-/m0/s1. The van der Waals surface area contributed by atoms with Gasteiger partial charge in [-0.25, -0.2) is 4.39 Å². The van der Waals surface area contributed by atoms with Crippen molar-refractivity contribution >= 4 is 29.5 Å². The number of benzene rings is 2. The van der Waals surface area contributed by atoms with Crippen LogP contribution in [-0.2, 0) is 16.0 Å². The van der Waals surface area contributed by atoms with E-state index in [0.29, 0.717) is 11.8 Å². The monoisotopic (exact) mass is 536 g/mol. The van der Waals surface area contributed by atoms with Crippen LogP contribution in [0, 0.1) is 25.1 Å². The molecule has 0 bridgehead atoms. The molecule has 2 heterocycles. The second-order valence-corrected chi connectivity index (χ2v) is 12.6. The van der Waals surface area contributed by atoms with Crippen molar-refractivity contribution in [3.05, 3.63) is 57.9 Å². The maximum atomic E-state index is 14.8. The van der Waals surface area contributed by atoms with E-state index in [0.717, 1.165) is 81.5 Å². The van der Waals surface area contributed by atoms with Crippen LogP contribution in [-0.4, -0.2) is 50.3 Å². The van der Waals surface area contributed by atoms with Gasteiger partial charge in [0, 0.05) is 37.9 Å². The number of anilines is 1. The molecular formula is C32H41FN2O2S. The molecule has 0 aromatic heterocycles. The summed E-state index contributed by atoms with van der Waals surface area (Å²) in [5, 5.41) is 0. The van der Waals surface area contributed by atoms with Gasteiger partial charge in [0.2, 0.25) is 0 Å². The number of hydrogen-bond acceptors (Lipinski definition) is 5. The van der Waals surface area contributed by atoms with E-state index in [4.69, 9.17) is 4.74 Å². The fraction of sp³-hybridized carbons (Fsp3) is 0.531. The van der Waals surface area contributed by atoms with Gasteiger partial charge in [-0.2, -0.15) is 0 Å². The number of halogens is 1. The molecular weight excluding hydrogens is 495 g/mol. The van der Waals surface area contributed by atoms with Crippen molar-refractivity contribution in [2.75, 3.05) is 43.4 Å². The van der Waals surface area contributed by atoms with Crippen LogP contribution in [0.4, 0.5) is 10.1 Å². The molecule has 0 radical (unpaired) electrons. The number of carbonyl (C=O) groups is 1. The maximum absolute atomic E-state index is 14.8. The normalized spacial score (nSPS) is 21.1. The van der Waals surface area contributed by atoms with Crippen LogP contribution in [0.3, 0.4) is 0 Å². The molecule has 4 nitrogen and oxygen atoms in total. The Morgan fingerprint density at radius 1 is 1.16 bits per heavy atom. The first-order valence-electron chi connectivity index (χ1n) is 14.0. The minimum atomic E-state index is -0.186. The van der Waals surface area contributed by atoms with Gasteiger partial charge in [0.25, 0.3) is 0 Å². The Morgan fingerprint density at radius 2 is 1.92 bits per heavy atom. The third kappa shape index (κ3) is 5.07. The highest BCUT2D eigenvalue weighted by Crippen LogP contribution is 2.54. The van der Waals surface area contributed by atoms with E-state index in [-0.39, 0.29) is 11.9 Å². The number of morpholine rings is 1. The predicted octanol–water partition coefficient (Wildman–Crippen LogP) is 7.31. The van der Waals surface area contributed by atoms with Gasteiger partial charge in [-0.15, -0.1) is 0 Å². The average molecular weight is 537 g/mol. The summed E-state index contributed by atoms with van der Waals surface area (Å²) in [7, 11) is 0. The first-order valence-corrected chi connectivity index (χ1v) is 15.2. The Hall–Kier alpha value is -2.15. The fourth-order valence-electron chi connectivity index (χ4n) is 6.67. The highest BCUT2D eigenvalue weighted by molar-refractivity contribution is 8.00. The lowest BCUT2D eigenvalue weighted by Gasteiger charge is -2.42. The SMILES string of the molecule is CSN1c2c(C)c(CC=O)c(C3=CCC(C)(C)CC3)c(C)c2-c2ccc(F)cc2[C@@H]1CCN1CCOCC1. The van der Waals surface area contributed by atoms with Crippen molar-refractivity contribution in [1.29, 1.82) is 0 Å². The summed E-state index contributed by atoms with van der Waals surface area (Å²) in [5.41, 5.74) is 11.0. The Morgan fingerprint density at radius 3 is 2.58 bits per heavy atom. The van der Waals surface area contributed by atoms with Gasteiger partial charge in [0.05, 0.1) is 24.9 Å². The molecule has 0 N–H and O–H groups in total. The maximum Gasteiger partial charge on any atom is 0.124 e. The Bertz CT molecular complexity index is 1250. The van der Waals surface area contributed by atoms with E-state index in [1.54, 1.807) is 24.1 Å². The summed E-state index contributed by atoms with van der Waals surface area (Å²) in [6.07, 6.45) is 10.1. The van der Waals surface area contributed by atoms with Gasteiger partial charge < -0.3 is 13.8 Å². The third-order valence-corrected chi connectivity index (χ3v) is 9.67. The lowest BCUT2D eigenvalue weighted by molar-refractivity contribution is -0.107. The van der Waals surface area contributed by atoms with Crippen LogP contribution < -0.4 is 4.31 Å². The zero-order valence-corrected chi connectivity index (χ0v) is 24.3. The van der Waals surface area contributed by atoms with Crippen molar-refractivity contribution in [1.82, 2.24) is 4.90 Å². The number of allylic oxidation sites excluding steroid dienone is 2. The summed E-state index contributed by atoms with van der Waals surface area (Å²) in [6, 6.07) is 5.39. The van der Waals surface area contributed by atoms with Crippen molar-refractivity contribution < 1.29 is 13.9 Å².